The van der Waals surface area contributed by atoms with E-state index in [-0.39, 0.29) is 0 Å². The standard InChI is InChI=1S/C12H10F3NO4S/c1-6(17)19-4-7(18)5-20-12(21)16-9-3-2-8(13)10(14)11(9)15/h2-3H,4-5H2,1H3,(H,16,21). The molecule has 1 aromatic rings. The molecule has 0 aromatic heterocycles. The van der Waals surface area contributed by atoms with Gasteiger partial charge in [0.15, 0.2) is 30.7 Å². The summed E-state index contributed by atoms with van der Waals surface area (Å²) in [7, 11) is 0. The largest absolute Gasteiger partial charge is 0.463 e. The molecule has 114 valence electrons. The lowest BCUT2D eigenvalue weighted by Crippen LogP contribution is -2.22. The number of hydrogen-bond acceptors (Lipinski definition) is 5. The molecule has 0 unspecified atom stereocenters. The van der Waals surface area contributed by atoms with Gasteiger partial charge in [0, 0.05) is 6.92 Å². The molecule has 1 aromatic carbocycles. The molecule has 0 heterocycles. The molecule has 0 fully saturated rings. The van der Waals surface area contributed by atoms with Gasteiger partial charge in [0.2, 0.25) is 5.78 Å². The first-order valence-electron chi connectivity index (χ1n) is 5.53. The number of ketones is 1. The lowest BCUT2D eigenvalue weighted by Gasteiger charge is -2.10. The second-order valence-corrected chi connectivity index (χ2v) is 4.11. The number of esters is 1. The van der Waals surface area contributed by atoms with Gasteiger partial charge < -0.3 is 14.8 Å². The molecule has 0 radical (unpaired) electrons. The Morgan fingerprint density at radius 2 is 1.76 bits per heavy atom. The van der Waals surface area contributed by atoms with Gasteiger partial charge in [-0.1, -0.05) is 0 Å². The van der Waals surface area contributed by atoms with Crippen LogP contribution in [0.25, 0.3) is 0 Å². The normalized spacial score (nSPS) is 9.90. The average Bonchev–Trinajstić information content (AvgIpc) is 2.43. The van der Waals surface area contributed by atoms with Crippen molar-refractivity contribution < 1.29 is 32.2 Å². The van der Waals surface area contributed by atoms with Crippen LogP contribution < -0.4 is 5.32 Å². The predicted octanol–water partition coefficient (Wildman–Crippen LogP) is 1.95. The van der Waals surface area contributed by atoms with Crippen LogP contribution in [0.3, 0.4) is 0 Å². The summed E-state index contributed by atoms with van der Waals surface area (Å²) in [6.07, 6.45) is 0. The third-order valence-corrected chi connectivity index (χ3v) is 2.29. The highest BCUT2D eigenvalue weighted by Gasteiger charge is 2.15. The number of halogens is 3. The molecule has 9 heteroatoms. The van der Waals surface area contributed by atoms with Gasteiger partial charge in [0.1, 0.15) is 0 Å². The van der Waals surface area contributed by atoms with Crippen molar-refractivity contribution >= 4 is 34.8 Å². The topological polar surface area (TPSA) is 64.6 Å². The van der Waals surface area contributed by atoms with Gasteiger partial charge in [0.05, 0.1) is 5.69 Å². The zero-order chi connectivity index (χ0) is 16.0. The van der Waals surface area contributed by atoms with Crippen molar-refractivity contribution in [1.29, 1.82) is 0 Å². The summed E-state index contributed by atoms with van der Waals surface area (Å²) in [6.45, 7) is 0.119. The Kier molecular flexibility index (Phi) is 6.10. The maximum Gasteiger partial charge on any atom is 0.303 e. The van der Waals surface area contributed by atoms with E-state index >= 15 is 0 Å². The first-order chi connectivity index (χ1) is 9.81. The minimum Gasteiger partial charge on any atom is -0.463 e. The van der Waals surface area contributed by atoms with Crippen molar-refractivity contribution in [3.63, 3.8) is 0 Å². The van der Waals surface area contributed by atoms with Crippen LogP contribution in [0, 0.1) is 17.5 Å². The predicted molar refractivity (Wildman–Crippen MR) is 70.1 cm³/mol. The number of carbonyl (C=O) groups is 2. The quantitative estimate of drug-likeness (QED) is 0.508. The number of benzene rings is 1. The number of hydrogen-bond donors (Lipinski definition) is 1. The fourth-order valence-corrected chi connectivity index (χ4v) is 1.31. The zero-order valence-electron chi connectivity index (χ0n) is 10.7. The Morgan fingerprint density at radius 1 is 1.14 bits per heavy atom. The maximum absolute atomic E-state index is 13.3. The molecular weight excluding hydrogens is 311 g/mol. The third kappa shape index (κ3) is 5.38. The second kappa shape index (κ2) is 7.58. The van der Waals surface area contributed by atoms with E-state index in [9.17, 15) is 22.8 Å². The SMILES string of the molecule is CC(=O)OCC(=O)COC(=S)Nc1ccc(F)c(F)c1F. The van der Waals surface area contributed by atoms with Crippen LogP contribution in [0.2, 0.25) is 0 Å². The molecular formula is C12H10F3NO4S. The molecule has 0 saturated heterocycles. The number of Topliss-reactive ketones (excluding diaryl/α,β-unsaturated/α-hetero) is 1. The highest BCUT2D eigenvalue weighted by Crippen LogP contribution is 2.19. The number of anilines is 1. The van der Waals surface area contributed by atoms with E-state index < -0.39 is 53.3 Å². The van der Waals surface area contributed by atoms with Crippen LogP contribution >= 0.6 is 12.2 Å². The molecule has 0 aliphatic carbocycles. The molecule has 0 saturated carbocycles. The first kappa shape index (κ1) is 16.9. The fraction of sp³-hybridized carbons (Fsp3) is 0.250. The summed E-state index contributed by atoms with van der Waals surface area (Å²) in [5.74, 6) is -5.68. The minimum atomic E-state index is -1.66. The summed E-state index contributed by atoms with van der Waals surface area (Å²) in [4.78, 5) is 21.7. The number of nitrogens with one attached hydrogen (secondary N) is 1. The summed E-state index contributed by atoms with van der Waals surface area (Å²) in [6, 6.07) is 1.62. The van der Waals surface area contributed by atoms with Crippen LogP contribution in [-0.4, -0.2) is 30.1 Å². The summed E-state index contributed by atoms with van der Waals surface area (Å²) < 4.78 is 48.2. The van der Waals surface area contributed by atoms with Gasteiger partial charge in [-0.3, -0.25) is 9.59 Å². The highest BCUT2D eigenvalue weighted by atomic mass is 32.1. The smallest absolute Gasteiger partial charge is 0.303 e. The minimum absolute atomic E-state index is 0.420. The van der Waals surface area contributed by atoms with Gasteiger partial charge in [-0.15, -0.1) is 0 Å². The lowest BCUT2D eigenvalue weighted by molar-refractivity contribution is -0.146. The van der Waals surface area contributed by atoms with Crippen molar-refractivity contribution in [2.45, 2.75) is 6.92 Å². The Morgan fingerprint density at radius 3 is 2.38 bits per heavy atom. The van der Waals surface area contributed by atoms with E-state index in [0.29, 0.717) is 6.07 Å². The fourth-order valence-electron chi connectivity index (χ4n) is 1.14. The van der Waals surface area contributed by atoms with Gasteiger partial charge in [-0.05, 0) is 24.4 Å². The third-order valence-electron chi connectivity index (χ3n) is 2.07. The van der Waals surface area contributed by atoms with E-state index in [1.165, 1.54) is 0 Å². The zero-order valence-corrected chi connectivity index (χ0v) is 11.6. The van der Waals surface area contributed by atoms with Crippen molar-refractivity contribution in [3.8, 4) is 0 Å². The van der Waals surface area contributed by atoms with Crippen LogP contribution in [0.4, 0.5) is 18.9 Å². The summed E-state index contributed by atoms with van der Waals surface area (Å²) >= 11 is 4.65. The Balaban J connectivity index is 2.49. The Bertz CT molecular complexity index is 580. The molecule has 21 heavy (non-hydrogen) atoms. The molecule has 0 amide bonds. The highest BCUT2D eigenvalue weighted by molar-refractivity contribution is 7.80. The first-order valence-corrected chi connectivity index (χ1v) is 5.94. The average molecular weight is 321 g/mol. The van der Waals surface area contributed by atoms with Gasteiger partial charge in [0.25, 0.3) is 5.17 Å². The molecule has 1 rings (SSSR count). The number of ether oxygens (including phenoxy) is 2. The number of rotatable bonds is 5. The number of carbonyl (C=O) groups excluding carboxylic acids is 2. The van der Waals surface area contributed by atoms with Crippen molar-refractivity contribution in [2.24, 2.45) is 0 Å². The molecule has 5 nitrogen and oxygen atoms in total. The van der Waals surface area contributed by atoms with Crippen molar-refractivity contribution in [2.75, 3.05) is 18.5 Å². The molecule has 0 aliphatic heterocycles. The molecule has 0 aliphatic rings. The molecule has 0 spiro atoms. The second-order valence-electron chi connectivity index (χ2n) is 3.74. The van der Waals surface area contributed by atoms with Crippen molar-refractivity contribution in [1.82, 2.24) is 0 Å². The van der Waals surface area contributed by atoms with E-state index in [0.717, 1.165) is 13.0 Å². The van der Waals surface area contributed by atoms with E-state index in [2.05, 4.69) is 22.3 Å². The van der Waals surface area contributed by atoms with E-state index in [1.807, 2.05) is 0 Å². The summed E-state index contributed by atoms with van der Waals surface area (Å²) in [5.41, 5.74) is -0.439. The van der Waals surface area contributed by atoms with E-state index in [4.69, 9.17) is 4.74 Å². The van der Waals surface area contributed by atoms with Crippen LogP contribution in [0.15, 0.2) is 12.1 Å². The van der Waals surface area contributed by atoms with Gasteiger partial charge >= 0.3 is 5.97 Å². The van der Waals surface area contributed by atoms with Crippen LogP contribution in [0.5, 0.6) is 0 Å². The van der Waals surface area contributed by atoms with Crippen molar-refractivity contribution in [3.05, 3.63) is 29.6 Å². The Hall–Kier alpha value is -2.16. The number of thiocarbonyl (C=S) groups is 1. The maximum atomic E-state index is 13.3. The molecule has 0 bridgehead atoms. The lowest BCUT2D eigenvalue weighted by atomic mass is 10.3. The molecule has 1 N–H and O–H groups in total. The van der Waals surface area contributed by atoms with Crippen LogP contribution in [0.1, 0.15) is 6.92 Å². The van der Waals surface area contributed by atoms with Gasteiger partial charge in [-0.25, -0.2) is 13.2 Å². The van der Waals surface area contributed by atoms with Gasteiger partial charge in [-0.2, -0.15) is 0 Å². The summed E-state index contributed by atoms with van der Waals surface area (Å²) in [5, 5.41) is 1.75. The van der Waals surface area contributed by atoms with E-state index in [1.54, 1.807) is 0 Å². The monoisotopic (exact) mass is 321 g/mol. The Labute approximate surface area is 123 Å². The molecule has 0 atom stereocenters. The van der Waals surface area contributed by atoms with Crippen LogP contribution in [-0.2, 0) is 19.1 Å².